The van der Waals surface area contributed by atoms with Crippen LogP contribution in [0, 0.1) is 12.3 Å². The predicted octanol–water partition coefficient (Wildman–Crippen LogP) is 3.90. The summed E-state index contributed by atoms with van der Waals surface area (Å²) in [5.41, 5.74) is 0. The molecule has 0 radical (unpaired) electrons. The molecular weight excluding hydrogens is 328 g/mol. The monoisotopic (exact) mass is 344 g/mol. The summed E-state index contributed by atoms with van der Waals surface area (Å²) in [4.78, 5) is 0. The lowest BCUT2D eigenvalue weighted by Crippen LogP contribution is -2.28. The molecule has 0 amide bonds. The van der Waals surface area contributed by atoms with Crippen LogP contribution in [-0.2, 0) is 4.74 Å². The molecule has 1 heterocycles. The lowest BCUT2D eigenvalue weighted by Gasteiger charge is -2.28. The van der Waals surface area contributed by atoms with Gasteiger partial charge in [0.2, 0.25) is 0 Å². The Kier molecular flexibility index (Phi) is 7.30. The van der Waals surface area contributed by atoms with Crippen LogP contribution in [0.15, 0.2) is 34.5 Å². The molecule has 0 aromatic heterocycles. The summed E-state index contributed by atoms with van der Waals surface area (Å²) >= 11 is 9.75. The molecule has 4 heteroatoms. The third-order valence-electron chi connectivity index (χ3n) is 2.79. The number of rotatable bonds is 3. The van der Waals surface area contributed by atoms with Gasteiger partial charge in [0.15, 0.2) is 0 Å². The van der Waals surface area contributed by atoms with Crippen molar-refractivity contribution in [2.45, 2.75) is 43.8 Å². The first-order chi connectivity index (χ1) is 9.10. The topological polar surface area (TPSA) is 29.5 Å². The van der Waals surface area contributed by atoms with Gasteiger partial charge in [-0.1, -0.05) is 47.0 Å². The van der Waals surface area contributed by atoms with Crippen LogP contribution in [0.25, 0.3) is 0 Å². The van der Waals surface area contributed by atoms with Gasteiger partial charge in [-0.25, -0.2) is 0 Å². The zero-order valence-corrected chi connectivity index (χ0v) is 13.2. The average Bonchev–Trinajstić information content (AvgIpc) is 2.40. The molecule has 0 saturated carbocycles. The number of aliphatic hydroxyl groups is 1. The number of alkyl halides is 1. The number of terminal acetylenes is 1. The Bertz CT molecular complexity index is 420. The second kappa shape index (κ2) is 8.47. The van der Waals surface area contributed by atoms with Crippen LogP contribution in [0.1, 0.15) is 26.2 Å². The molecule has 19 heavy (non-hydrogen) atoms. The van der Waals surface area contributed by atoms with Crippen molar-refractivity contribution in [2.24, 2.45) is 0 Å². The summed E-state index contributed by atoms with van der Waals surface area (Å²) in [7, 11) is 0. The van der Waals surface area contributed by atoms with E-state index >= 15 is 0 Å². The minimum Gasteiger partial charge on any atom is -0.489 e. The molecule has 1 aliphatic heterocycles. The van der Waals surface area contributed by atoms with Crippen molar-refractivity contribution in [3.05, 3.63) is 34.5 Å². The lowest BCUT2D eigenvalue weighted by molar-refractivity contribution is 0.0630. The standard InChI is InChI=1S/C15H18BrClO2/c1-3-5-6-10-14-12(17)8-7-9-13(18)15(19-14)11(16)4-2/h1,5-7,9,12-14,18H,4,8,10H2,2H3/b6-5+,9-7-,15-11+/t12-,13-,14-/m0/s1. The molecule has 0 unspecified atom stereocenters. The second-order valence-electron chi connectivity index (χ2n) is 4.21. The van der Waals surface area contributed by atoms with Gasteiger partial charge in [0.1, 0.15) is 18.0 Å². The molecule has 0 bridgehead atoms. The summed E-state index contributed by atoms with van der Waals surface area (Å²) in [6.45, 7) is 1.99. The van der Waals surface area contributed by atoms with E-state index in [2.05, 4.69) is 21.9 Å². The van der Waals surface area contributed by atoms with E-state index < -0.39 is 6.10 Å². The van der Waals surface area contributed by atoms with Crippen molar-refractivity contribution in [1.82, 2.24) is 0 Å². The van der Waals surface area contributed by atoms with E-state index in [0.717, 1.165) is 10.9 Å². The zero-order chi connectivity index (χ0) is 14.3. The van der Waals surface area contributed by atoms with Crippen LogP contribution in [-0.4, -0.2) is 22.7 Å². The smallest absolute Gasteiger partial charge is 0.139 e. The maximum Gasteiger partial charge on any atom is 0.139 e. The third kappa shape index (κ3) is 5.06. The highest BCUT2D eigenvalue weighted by Gasteiger charge is 2.25. The number of allylic oxidation sites excluding steroid dienone is 3. The molecule has 1 rings (SSSR count). The average molecular weight is 346 g/mol. The normalized spacial score (nSPS) is 32.1. The van der Waals surface area contributed by atoms with Gasteiger partial charge in [0.25, 0.3) is 0 Å². The Morgan fingerprint density at radius 2 is 2.47 bits per heavy atom. The molecular formula is C15H18BrClO2. The van der Waals surface area contributed by atoms with E-state index in [1.54, 1.807) is 12.2 Å². The van der Waals surface area contributed by atoms with Crippen LogP contribution >= 0.6 is 27.5 Å². The SMILES string of the molecule is C#C/C=C/C[C@@H]1O/C(=C(/Br)CC)[C@@H](O)/C=C\C[C@@H]1Cl. The van der Waals surface area contributed by atoms with Crippen LogP contribution < -0.4 is 0 Å². The van der Waals surface area contributed by atoms with E-state index in [4.69, 9.17) is 22.8 Å². The summed E-state index contributed by atoms with van der Waals surface area (Å²) in [6, 6.07) is 0. The van der Waals surface area contributed by atoms with Crippen LogP contribution in [0.4, 0.5) is 0 Å². The van der Waals surface area contributed by atoms with Gasteiger partial charge < -0.3 is 9.84 Å². The Balaban J connectivity index is 2.94. The molecule has 0 fully saturated rings. The van der Waals surface area contributed by atoms with Crippen LogP contribution in [0.2, 0.25) is 0 Å². The highest BCUT2D eigenvalue weighted by Crippen LogP contribution is 2.28. The Labute approximate surface area is 128 Å². The van der Waals surface area contributed by atoms with Gasteiger partial charge in [0, 0.05) is 10.9 Å². The largest absolute Gasteiger partial charge is 0.489 e. The fourth-order valence-corrected chi connectivity index (χ4v) is 2.33. The first-order valence-corrected chi connectivity index (χ1v) is 7.48. The third-order valence-corrected chi connectivity index (χ3v) is 4.20. The van der Waals surface area contributed by atoms with E-state index in [0.29, 0.717) is 18.6 Å². The summed E-state index contributed by atoms with van der Waals surface area (Å²) < 4.78 is 6.74. The summed E-state index contributed by atoms with van der Waals surface area (Å²) in [5.74, 6) is 2.97. The van der Waals surface area contributed by atoms with Crippen molar-refractivity contribution in [3.8, 4) is 12.3 Å². The predicted molar refractivity (Wildman–Crippen MR) is 83.1 cm³/mol. The summed E-state index contributed by atoms with van der Waals surface area (Å²) in [6.07, 6.45) is 13.3. The molecule has 0 aromatic rings. The highest BCUT2D eigenvalue weighted by molar-refractivity contribution is 9.11. The molecule has 0 saturated heterocycles. The number of ether oxygens (including phenoxy) is 1. The van der Waals surface area contributed by atoms with Crippen LogP contribution in [0.5, 0.6) is 0 Å². The first-order valence-electron chi connectivity index (χ1n) is 6.25. The minimum atomic E-state index is -0.738. The molecule has 1 N–H and O–H groups in total. The molecule has 0 aliphatic carbocycles. The maximum atomic E-state index is 10.1. The maximum absolute atomic E-state index is 10.1. The minimum absolute atomic E-state index is 0.154. The first kappa shape index (κ1) is 16.4. The molecule has 2 nitrogen and oxygen atoms in total. The number of hydrogen-bond acceptors (Lipinski definition) is 2. The molecule has 1 aliphatic rings. The lowest BCUT2D eigenvalue weighted by atomic mass is 10.1. The highest BCUT2D eigenvalue weighted by atomic mass is 79.9. The second-order valence-corrected chi connectivity index (χ2v) is 5.73. The van der Waals surface area contributed by atoms with Crippen molar-refractivity contribution in [1.29, 1.82) is 0 Å². The van der Waals surface area contributed by atoms with Crippen molar-refractivity contribution in [2.75, 3.05) is 0 Å². The van der Waals surface area contributed by atoms with Gasteiger partial charge in [-0.2, -0.15) is 0 Å². The molecule has 0 spiro atoms. The van der Waals surface area contributed by atoms with Crippen molar-refractivity contribution in [3.63, 3.8) is 0 Å². The van der Waals surface area contributed by atoms with Crippen molar-refractivity contribution >= 4 is 27.5 Å². The number of halogens is 2. The fourth-order valence-electron chi connectivity index (χ4n) is 1.75. The number of hydrogen-bond donors (Lipinski definition) is 1. The van der Waals surface area contributed by atoms with Crippen LogP contribution in [0.3, 0.4) is 0 Å². The quantitative estimate of drug-likeness (QED) is 0.477. The fraction of sp³-hybridized carbons (Fsp3) is 0.467. The zero-order valence-electron chi connectivity index (χ0n) is 10.9. The molecule has 3 atom stereocenters. The Hall–Kier alpha value is -0.690. The van der Waals surface area contributed by atoms with Gasteiger partial charge in [-0.3, -0.25) is 0 Å². The van der Waals surface area contributed by atoms with Gasteiger partial charge in [0.05, 0.1) is 5.38 Å². The van der Waals surface area contributed by atoms with Gasteiger partial charge >= 0.3 is 0 Å². The number of aliphatic hydroxyl groups excluding tert-OH is 1. The van der Waals surface area contributed by atoms with Crippen molar-refractivity contribution < 1.29 is 9.84 Å². The van der Waals surface area contributed by atoms with E-state index in [9.17, 15) is 5.11 Å². The van der Waals surface area contributed by atoms with Gasteiger partial charge in [-0.05, 0) is 18.9 Å². The Morgan fingerprint density at radius 3 is 3.11 bits per heavy atom. The van der Waals surface area contributed by atoms with E-state index in [-0.39, 0.29) is 11.5 Å². The molecule has 104 valence electrons. The Morgan fingerprint density at radius 1 is 1.74 bits per heavy atom. The summed E-state index contributed by atoms with van der Waals surface area (Å²) in [5, 5.41) is 9.90. The van der Waals surface area contributed by atoms with E-state index in [1.165, 1.54) is 0 Å². The van der Waals surface area contributed by atoms with Gasteiger partial charge in [-0.15, -0.1) is 18.0 Å². The van der Waals surface area contributed by atoms with E-state index in [1.807, 2.05) is 19.1 Å². The molecule has 0 aromatic carbocycles.